The number of aromatic nitrogens is 2. The molecule has 2 rings (SSSR count). The number of rotatable bonds is 6. The van der Waals surface area contributed by atoms with Crippen molar-refractivity contribution in [1.29, 1.82) is 0 Å². The zero-order valence-electron chi connectivity index (χ0n) is 11.9. The van der Waals surface area contributed by atoms with Gasteiger partial charge in [0.2, 0.25) is 5.88 Å². The summed E-state index contributed by atoms with van der Waals surface area (Å²) in [6, 6.07) is 8.50. The number of nitrogens with one attached hydrogen (secondary N) is 1. The highest BCUT2D eigenvalue weighted by Gasteiger charge is 2.14. The number of methoxy groups -OCH3 is 1. The first kappa shape index (κ1) is 15.9. The van der Waals surface area contributed by atoms with Crippen LogP contribution in [-0.2, 0) is 6.42 Å². The Morgan fingerprint density at radius 1 is 1.29 bits per heavy atom. The number of benzene rings is 1. The second-order valence-corrected chi connectivity index (χ2v) is 5.51. The quantitative estimate of drug-likeness (QED) is 0.865. The minimum atomic E-state index is -0.254. The average molecular weight is 354 g/mol. The summed E-state index contributed by atoms with van der Waals surface area (Å²) in [7, 11) is 1.55. The van der Waals surface area contributed by atoms with Crippen LogP contribution in [0.25, 0.3) is 0 Å². The molecule has 0 radical (unpaired) electrons. The maximum absolute atomic E-state index is 13.5. The number of ether oxygens (including phenoxy) is 1. The van der Waals surface area contributed by atoms with E-state index in [0.29, 0.717) is 12.3 Å². The van der Waals surface area contributed by atoms with Crippen LogP contribution >= 0.6 is 15.9 Å². The Bertz CT molecular complexity index is 572. The summed E-state index contributed by atoms with van der Waals surface area (Å²) >= 11 is 3.31. The van der Waals surface area contributed by atoms with E-state index >= 15 is 0 Å². The monoisotopic (exact) mass is 353 g/mol. The zero-order chi connectivity index (χ0) is 15.2. The van der Waals surface area contributed by atoms with Crippen LogP contribution in [0.4, 0.5) is 4.39 Å². The van der Waals surface area contributed by atoms with Crippen LogP contribution in [0.1, 0.15) is 24.2 Å². The van der Waals surface area contributed by atoms with E-state index < -0.39 is 0 Å². The van der Waals surface area contributed by atoms with Crippen molar-refractivity contribution in [2.75, 3.05) is 13.7 Å². The molecule has 1 unspecified atom stereocenters. The van der Waals surface area contributed by atoms with Crippen LogP contribution < -0.4 is 10.1 Å². The van der Waals surface area contributed by atoms with Gasteiger partial charge in [-0.15, -0.1) is 5.10 Å². The van der Waals surface area contributed by atoms with Crippen LogP contribution in [0.5, 0.6) is 5.88 Å². The molecule has 1 heterocycles. The van der Waals surface area contributed by atoms with Gasteiger partial charge in [0.15, 0.2) is 0 Å². The number of hydrogen-bond donors (Lipinski definition) is 1. The second kappa shape index (κ2) is 7.47. The topological polar surface area (TPSA) is 47.0 Å². The minimum Gasteiger partial charge on any atom is -0.480 e. The van der Waals surface area contributed by atoms with Gasteiger partial charge >= 0.3 is 0 Å². The molecule has 0 bridgehead atoms. The van der Waals surface area contributed by atoms with Gasteiger partial charge in [0.05, 0.1) is 18.8 Å². The van der Waals surface area contributed by atoms with Gasteiger partial charge in [-0.1, -0.05) is 22.9 Å². The number of likely N-dealkylation sites (N-methyl/N-ethyl adjacent to an activating group) is 1. The van der Waals surface area contributed by atoms with Crippen molar-refractivity contribution in [2.45, 2.75) is 19.4 Å². The summed E-state index contributed by atoms with van der Waals surface area (Å²) in [4.78, 5) is 0. The van der Waals surface area contributed by atoms with Gasteiger partial charge in [-0.25, -0.2) is 4.39 Å². The summed E-state index contributed by atoms with van der Waals surface area (Å²) in [6.45, 7) is 2.81. The Labute approximate surface area is 131 Å². The molecule has 2 aromatic rings. The Balaban J connectivity index is 2.21. The zero-order valence-corrected chi connectivity index (χ0v) is 13.5. The summed E-state index contributed by atoms with van der Waals surface area (Å²) in [5.41, 5.74) is 1.70. The van der Waals surface area contributed by atoms with Crippen LogP contribution in [0.15, 0.2) is 34.8 Å². The van der Waals surface area contributed by atoms with E-state index in [4.69, 9.17) is 4.74 Å². The molecule has 0 aliphatic heterocycles. The molecule has 1 N–H and O–H groups in total. The van der Waals surface area contributed by atoms with Crippen molar-refractivity contribution in [3.05, 3.63) is 51.9 Å². The molecule has 0 aliphatic rings. The first-order chi connectivity index (χ1) is 10.1. The van der Waals surface area contributed by atoms with E-state index in [2.05, 4.69) is 31.4 Å². The predicted octanol–water partition coefficient (Wildman–Crippen LogP) is 3.28. The van der Waals surface area contributed by atoms with Crippen molar-refractivity contribution in [2.24, 2.45) is 0 Å². The molecule has 0 saturated carbocycles. The first-order valence-electron chi connectivity index (χ1n) is 6.68. The van der Waals surface area contributed by atoms with Crippen LogP contribution in [0.2, 0.25) is 0 Å². The van der Waals surface area contributed by atoms with Gasteiger partial charge < -0.3 is 10.1 Å². The van der Waals surface area contributed by atoms with Crippen LogP contribution in [0.3, 0.4) is 0 Å². The van der Waals surface area contributed by atoms with E-state index in [1.165, 1.54) is 12.1 Å². The van der Waals surface area contributed by atoms with E-state index in [9.17, 15) is 4.39 Å². The molecule has 0 saturated heterocycles. The lowest BCUT2D eigenvalue weighted by Gasteiger charge is -2.17. The third-order valence-electron chi connectivity index (χ3n) is 3.04. The maximum atomic E-state index is 13.5. The highest BCUT2D eigenvalue weighted by Crippen LogP contribution is 2.21. The fourth-order valence-corrected chi connectivity index (χ4v) is 2.63. The summed E-state index contributed by atoms with van der Waals surface area (Å²) < 4.78 is 19.2. The SMILES string of the molecule is CCNC(Cc1cc(F)cc(Br)c1)c1ccc(OC)nn1. The van der Waals surface area contributed by atoms with Gasteiger partial charge in [0.1, 0.15) is 5.82 Å². The molecule has 6 heteroatoms. The van der Waals surface area contributed by atoms with Crippen LogP contribution in [0, 0.1) is 5.82 Å². The molecule has 4 nitrogen and oxygen atoms in total. The Morgan fingerprint density at radius 3 is 2.67 bits per heavy atom. The molecular weight excluding hydrogens is 337 g/mol. The largest absolute Gasteiger partial charge is 0.480 e. The molecule has 0 fully saturated rings. The van der Waals surface area contributed by atoms with Crippen molar-refractivity contribution in [1.82, 2.24) is 15.5 Å². The van der Waals surface area contributed by atoms with Crippen molar-refractivity contribution < 1.29 is 9.13 Å². The lowest BCUT2D eigenvalue weighted by atomic mass is 10.0. The molecule has 1 aromatic heterocycles. The van der Waals surface area contributed by atoms with Gasteiger partial charge in [0.25, 0.3) is 0 Å². The van der Waals surface area contributed by atoms with E-state index in [1.54, 1.807) is 13.2 Å². The smallest absolute Gasteiger partial charge is 0.233 e. The third kappa shape index (κ3) is 4.47. The number of halogens is 2. The molecule has 1 aromatic carbocycles. The molecule has 1 atom stereocenters. The van der Waals surface area contributed by atoms with Gasteiger partial charge in [-0.3, -0.25) is 0 Å². The Hall–Kier alpha value is -1.53. The lowest BCUT2D eigenvalue weighted by Crippen LogP contribution is -2.24. The van der Waals surface area contributed by atoms with Crippen molar-refractivity contribution >= 4 is 15.9 Å². The standard InChI is InChI=1S/C15H17BrFN3O/c1-3-18-14(13-4-5-15(21-2)20-19-13)8-10-6-11(16)9-12(17)7-10/h4-7,9,14,18H,3,8H2,1-2H3. The van der Waals surface area contributed by atoms with E-state index in [-0.39, 0.29) is 11.9 Å². The Morgan fingerprint density at radius 2 is 2.10 bits per heavy atom. The van der Waals surface area contributed by atoms with E-state index in [0.717, 1.165) is 22.3 Å². The highest BCUT2D eigenvalue weighted by atomic mass is 79.9. The van der Waals surface area contributed by atoms with E-state index in [1.807, 2.05) is 19.1 Å². The third-order valence-corrected chi connectivity index (χ3v) is 3.50. The highest BCUT2D eigenvalue weighted by molar-refractivity contribution is 9.10. The summed E-state index contributed by atoms with van der Waals surface area (Å²) in [5, 5.41) is 11.5. The molecule has 0 amide bonds. The van der Waals surface area contributed by atoms with Gasteiger partial charge in [0, 0.05) is 10.5 Å². The molecule has 21 heavy (non-hydrogen) atoms. The lowest BCUT2D eigenvalue weighted by molar-refractivity contribution is 0.389. The molecule has 0 spiro atoms. The van der Waals surface area contributed by atoms with Crippen molar-refractivity contribution in [3.8, 4) is 5.88 Å². The molecule has 112 valence electrons. The van der Waals surface area contributed by atoms with Crippen molar-refractivity contribution in [3.63, 3.8) is 0 Å². The first-order valence-corrected chi connectivity index (χ1v) is 7.47. The van der Waals surface area contributed by atoms with Gasteiger partial charge in [-0.2, -0.15) is 5.10 Å². The normalized spacial score (nSPS) is 12.2. The molecular formula is C15H17BrFN3O. The second-order valence-electron chi connectivity index (χ2n) is 4.59. The minimum absolute atomic E-state index is 0.0258. The van der Waals surface area contributed by atoms with Gasteiger partial charge in [-0.05, 0) is 42.8 Å². The summed E-state index contributed by atoms with van der Waals surface area (Å²) in [5.74, 6) is 0.220. The average Bonchev–Trinajstić information content (AvgIpc) is 2.46. The fraction of sp³-hybridized carbons (Fsp3) is 0.333. The molecule has 0 aliphatic carbocycles. The number of nitrogens with zero attached hydrogens (tertiary/aromatic N) is 2. The fourth-order valence-electron chi connectivity index (χ4n) is 2.12. The number of hydrogen-bond acceptors (Lipinski definition) is 4. The Kier molecular flexibility index (Phi) is 5.64. The summed E-state index contributed by atoms with van der Waals surface area (Å²) in [6.07, 6.45) is 0.630. The van der Waals surface area contributed by atoms with Crippen LogP contribution in [-0.4, -0.2) is 23.9 Å². The maximum Gasteiger partial charge on any atom is 0.233 e. The predicted molar refractivity (Wildman–Crippen MR) is 82.8 cm³/mol.